The Morgan fingerprint density at radius 2 is 1.78 bits per heavy atom. The largest absolute Gasteiger partial charge is 0.496 e. The van der Waals surface area contributed by atoms with E-state index in [1.807, 2.05) is 0 Å². The molecule has 3 nitrogen and oxygen atoms in total. The highest BCUT2D eigenvalue weighted by atomic mass is 16.5. The average Bonchev–Trinajstić information content (AvgIpc) is 3.00. The maximum absolute atomic E-state index is 6.50. The predicted molar refractivity (Wildman–Crippen MR) is 71.1 cm³/mol. The molecule has 1 heterocycles. The highest BCUT2D eigenvalue weighted by molar-refractivity contribution is 5.50. The smallest absolute Gasteiger partial charge is 0.123 e. The van der Waals surface area contributed by atoms with E-state index in [2.05, 4.69) is 26.0 Å². The first-order valence-corrected chi connectivity index (χ1v) is 6.55. The minimum atomic E-state index is -0.0831. The summed E-state index contributed by atoms with van der Waals surface area (Å²) >= 11 is 0. The number of aryl methyl sites for hydroxylation is 2. The van der Waals surface area contributed by atoms with E-state index in [1.54, 1.807) is 7.11 Å². The topological polar surface area (TPSA) is 44.5 Å². The molecule has 3 heteroatoms. The monoisotopic (exact) mass is 247 g/mol. The lowest BCUT2D eigenvalue weighted by Crippen LogP contribution is -2.60. The van der Waals surface area contributed by atoms with Crippen LogP contribution in [0.25, 0.3) is 0 Å². The van der Waals surface area contributed by atoms with Gasteiger partial charge in [0.05, 0.1) is 25.7 Å². The Kier molecular flexibility index (Phi) is 2.48. The highest BCUT2D eigenvalue weighted by Crippen LogP contribution is 2.55. The number of nitrogens with two attached hydrogens (primary N) is 1. The van der Waals surface area contributed by atoms with Gasteiger partial charge in [-0.15, -0.1) is 0 Å². The van der Waals surface area contributed by atoms with Gasteiger partial charge in [0, 0.05) is 11.1 Å². The van der Waals surface area contributed by atoms with Crippen molar-refractivity contribution in [3.63, 3.8) is 0 Å². The third-order valence-corrected chi connectivity index (χ3v) is 4.77. The molecule has 0 unspecified atom stereocenters. The Bertz CT molecular complexity index is 488. The van der Waals surface area contributed by atoms with Crippen LogP contribution in [0.3, 0.4) is 0 Å². The van der Waals surface area contributed by atoms with E-state index in [0.29, 0.717) is 0 Å². The normalized spacial score (nSPS) is 23.3. The maximum atomic E-state index is 6.50. The molecule has 0 atom stereocenters. The third kappa shape index (κ3) is 1.44. The van der Waals surface area contributed by atoms with E-state index in [4.69, 9.17) is 15.2 Å². The summed E-state index contributed by atoms with van der Waals surface area (Å²) in [5, 5.41) is 0. The molecular weight excluding hydrogens is 226 g/mol. The Morgan fingerprint density at radius 3 is 2.22 bits per heavy atom. The molecule has 98 valence electrons. The second kappa shape index (κ2) is 3.72. The molecule has 1 aliphatic heterocycles. The van der Waals surface area contributed by atoms with Crippen LogP contribution in [0.4, 0.5) is 0 Å². The summed E-state index contributed by atoms with van der Waals surface area (Å²) < 4.78 is 11.1. The van der Waals surface area contributed by atoms with Crippen LogP contribution in [0.1, 0.15) is 29.5 Å². The summed E-state index contributed by atoms with van der Waals surface area (Å²) in [6, 6.07) is 4.36. The zero-order valence-corrected chi connectivity index (χ0v) is 11.4. The fourth-order valence-electron chi connectivity index (χ4n) is 2.96. The van der Waals surface area contributed by atoms with E-state index in [0.717, 1.165) is 31.8 Å². The van der Waals surface area contributed by atoms with Gasteiger partial charge < -0.3 is 15.2 Å². The molecule has 2 aliphatic rings. The van der Waals surface area contributed by atoms with Crippen molar-refractivity contribution >= 4 is 0 Å². The molecule has 18 heavy (non-hydrogen) atoms. The summed E-state index contributed by atoms with van der Waals surface area (Å²) in [4.78, 5) is 0. The number of rotatable bonds is 3. The fourth-order valence-corrected chi connectivity index (χ4v) is 2.96. The van der Waals surface area contributed by atoms with Crippen molar-refractivity contribution < 1.29 is 9.47 Å². The van der Waals surface area contributed by atoms with Crippen LogP contribution in [0.15, 0.2) is 12.1 Å². The predicted octanol–water partition coefficient (Wildman–Crippen LogP) is 2.07. The van der Waals surface area contributed by atoms with Gasteiger partial charge in [0.1, 0.15) is 5.75 Å². The van der Waals surface area contributed by atoms with E-state index < -0.39 is 0 Å². The maximum Gasteiger partial charge on any atom is 0.123 e. The molecule has 0 spiro atoms. The van der Waals surface area contributed by atoms with Gasteiger partial charge in [-0.05, 0) is 43.9 Å². The zero-order valence-electron chi connectivity index (χ0n) is 11.4. The third-order valence-electron chi connectivity index (χ3n) is 4.77. The van der Waals surface area contributed by atoms with Crippen molar-refractivity contribution in [1.82, 2.24) is 0 Å². The van der Waals surface area contributed by atoms with Gasteiger partial charge in [-0.2, -0.15) is 0 Å². The van der Waals surface area contributed by atoms with Crippen LogP contribution in [0.5, 0.6) is 5.75 Å². The summed E-state index contributed by atoms with van der Waals surface area (Å²) in [5.41, 5.74) is 10.2. The van der Waals surface area contributed by atoms with E-state index in [-0.39, 0.29) is 11.0 Å². The Morgan fingerprint density at radius 1 is 1.17 bits per heavy atom. The Labute approximate surface area is 108 Å². The summed E-state index contributed by atoms with van der Waals surface area (Å²) in [6.45, 7) is 5.70. The lowest BCUT2D eigenvalue weighted by atomic mass is 9.69. The van der Waals surface area contributed by atoms with Crippen LogP contribution in [0, 0.1) is 13.8 Å². The summed E-state index contributed by atoms with van der Waals surface area (Å²) in [5.74, 6) is 0.957. The fraction of sp³-hybridized carbons (Fsp3) is 0.600. The van der Waals surface area contributed by atoms with Gasteiger partial charge in [-0.3, -0.25) is 0 Å². The van der Waals surface area contributed by atoms with Gasteiger partial charge in [0.25, 0.3) is 0 Å². The first-order valence-electron chi connectivity index (χ1n) is 6.55. The quantitative estimate of drug-likeness (QED) is 0.889. The summed E-state index contributed by atoms with van der Waals surface area (Å²) in [7, 11) is 1.73. The zero-order chi connectivity index (χ0) is 13.0. The molecule has 0 radical (unpaired) electrons. The molecule has 0 amide bonds. The highest BCUT2D eigenvalue weighted by Gasteiger charge is 2.62. The molecule has 0 aromatic heterocycles. The van der Waals surface area contributed by atoms with Crippen molar-refractivity contribution in [1.29, 1.82) is 0 Å². The SMILES string of the molecule is COc1cc(C)c(C)cc1C1(C2(N)CC2)COC1. The Balaban J connectivity index is 2.13. The molecule has 1 aromatic rings. The summed E-state index contributed by atoms with van der Waals surface area (Å²) in [6.07, 6.45) is 2.18. The van der Waals surface area contributed by atoms with Gasteiger partial charge in [0.15, 0.2) is 0 Å². The molecule has 1 aliphatic carbocycles. The first-order chi connectivity index (χ1) is 8.52. The average molecular weight is 247 g/mol. The molecule has 2 N–H and O–H groups in total. The van der Waals surface area contributed by atoms with Gasteiger partial charge in [0.2, 0.25) is 0 Å². The molecule has 1 aromatic carbocycles. The second-order valence-electron chi connectivity index (χ2n) is 5.87. The van der Waals surface area contributed by atoms with Gasteiger partial charge >= 0.3 is 0 Å². The lowest BCUT2D eigenvalue weighted by Gasteiger charge is -2.47. The lowest BCUT2D eigenvalue weighted by molar-refractivity contribution is -0.0795. The van der Waals surface area contributed by atoms with E-state index in [1.165, 1.54) is 16.7 Å². The van der Waals surface area contributed by atoms with Crippen molar-refractivity contribution in [2.45, 2.75) is 37.6 Å². The van der Waals surface area contributed by atoms with Crippen molar-refractivity contribution in [3.05, 3.63) is 28.8 Å². The molecule has 2 fully saturated rings. The molecule has 0 bridgehead atoms. The van der Waals surface area contributed by atoms with Crippen LogP contribution in [-0.4, -0.2) is 25.9 Å². The van der Waals surface area contributed by atoms with E-state index >= 15 is 0 Å². The Hall–Kier alpha value is -1.06. The van der Waals surface area contributed by atoms with Gasteiger partial charge in [-0.25, -0.2) is 0 Å². The van der Waals surface area contributed by atoms with Crippen LogP contribution in [-0.2, 0) is 10.2 Å². The molecule has 1 saturated carbocycles. The van der Waals surface area contributed by atoms with Crippen LogP contribution >= 0.6 is 0 Å². The number of methoxy groups -OCH3 is 1. The standard InChI is InChI=1S/C15H21NO2/c1-10-6-12(13(17-3)7-11(10)2)14(8-18-9-14)15(16)4-5-15/h6-7H,4-5,8-9,16H2,1-3H3. The molecule has 3 rings (SSSR count). The number of hydrogen-bond acceptors (Lipinski definition) is 3. The van der Waals surface area contributed by atoms with Crippen molar-refractivity contribution in [3.8, 4) is 5.75 Å². The second-order valence-corrected chi connectivity index (χ2v) is 5.87. The minimum Gasteiger partial charge on any atom is -0.496 e. The van der Waals surface area contributed by atoms with E-state index in [9.17, 15) is 0 Å². The number of hydrogen-bond donors (Lipinski definition) is 1. The minimum absolute atomic E-state index is 0.0309. The molecule has 1 saturated heterocycles. The van der Waals surface area contributed by atoms with Crippen LogP contribution < -0.4 is 10.5 Å². The molecular formula is C15H21NO2. The van der Waals surface area contributed by atoms with Crippen molar-refractivity contribution in [2.75, 3.05) is 20.3 Å². The van der Waals surface area contributed by atoms with Gasteiger partial charge in [-0.1, -0.05) is 6.07 Å². The first kappa shape index (κ1) is 12.0. The van der Waals surface area contributed by atoms with Crippen LogP contribution in [0.2, 0.25) is 0 Å². The van der Waals surface area contributed by atoms with Crippen molar-refractivity contribution in [2.24, 2.45) is 5.73 Å². The number of benzene rings is 1. The number of ether oxygens (including phenoxy) is 2.